The van der Waals surface area contributed by atoms with E-state index in [1.165, 1.54) is 0 Å². The number of carbonyl (C=O) groups excluding carboxylic acids is 1. The molecule has 2 unspecified atom stereocenters. The molecule has 0 aromatic carbocycles. The Balaban J connectivity index is 0. The Morgan fingerprint density at radius 1 is 0.710 bits per heavy atom. The topological polar surface area (TPSA) is 32.8 Å². The van der Waals surface area contributed by atoms with Crippen LogP contribution in [0.2, 0.25) is 0 Å². The fourth-order valence-corrected chi connectivity index (χ4v) is 2.70. The van der Waals surface area contributed by atoms with Crippen molar-refractivity contribution in [2.45, 2.75) is 26.4 Å². The lowest BCUT2D eigenvalue weighted by Gasteiger charge is -2.25. The van der Waals surface area contributed by atoms with Crippen LogP contribution in [-0.4, -0.2) is 76.5 Å². The fraction of sp³-hybridized carbons (Fsp3) is 0.917. The number of nitrogens with zero attached hydrogens (tertiary/aromatic N) is 2. The van der Waals surface area contributed by atoms with E-state index in [9.17, 15) is 56.6 Å². The van der Waals surface area contributed by atoms with Crippen molar-refractivity contribution >= 4 is 27.9 Å². The first-order chi connectivity index (χ1) is 13.3. The summed E-state index contributed by atoms with van der Waals surface area (Å²) < 4.78 is 122. The van der Waals surface area contributed by atoms with E-state index in [1.807, 2.05) is 25.7 Å². The highest BCUT2D eigenvalue weighted by Gasteiger charge is 2.41. The molecule has 0 aromatic heterocycles. The van der Waals surface area contributed by atoms with E-state index in [-0.39, 0.29) is 11.7 Å². The number of likely N-dealkylation sites (tertiary alicyclic amines) is 2. The number of fused-ring (bicyclic) bond motifs is 1. The number of hydrogen-bond acceptors (Lipinski definition) is 3. The number of carbonyl (C=O) groups is 1. The summed E-state index contributed by atoms with van der Waals surface area (Å²) in [6.45, 7) is 9.70. The zero-order valence-corrected chi connectivity index (χ0v) is 17.0. The molecule has 2 fully saturated rings. The second-order valence-electron chi connectivity index (χ2n) is 7.61. The Kier molecular flexibility index (Phi) is 12.3. The van der Waals surface area contributed by atoms with Crippen molar-refractivity contribution in [3.05, 3.63) is 0 Å². The predicted molar refractivity (Wildman–Crippen MR) is 92.8 cm³/mol. The van der Waals surface area contributed by atoms with Crippen LogP contribution in [0.5, 0.6) is 0 Å². The average Bonchev–Trinajstić information content (AvgIpc) is 2.87. The van der Waals surface area contributed by atoms with Crippen molar-refractivity contribution in [2.75, 3.05) is 33.2 Å². The standard InChI is InChI=1S/C12H22N2O2.3BF4/c1-12(2,3)16-11(15)14-7-9-5-13(4)6-10(9)8-14;3*2-1(3,4)5/h9-10H,5-8H2,1-4H3;;;/q;3*-1. The predicted octanol–water partition coefficient (Wildman–Crippen LogP) is 5.31. The van der Waals surface area contributed by atoms with Gasteiger partial charge < -0.3 is 66.3 Å². The van der Waals surface area contributed by atoms with Crippen LogP contribution < -0.4 is 0 Å². The fourth-order valence-electron chi connectivity index (χ4n) is 2.70. The third kappa shape index (κ3) is 26.5. The van der Waals surface area contributed by atoms with Crippen molar-refractivity contribution in [1.82, 2.24) is 9.80 Å². The average molecular weight is 487 g/mol. The summed E-state index contributed by atoms with van der Waals surface area (Å²) in [6, 6.07) is 0. The molecular weight excluding hydrogens is 465 g/mol. The van der Waals surface area contributed by atoms with E-state index in [0.717, 1.165) is 26.2 Å². The highest BCUT2D eigenvalue weighted by molar-refractivity contribution is 6.50. The summed E-state index contributed by atoms with van der Waals surface area (Å²) in [5, 5.41) is 0. The molecular formula is C12H22B3F12N2O2-3. The third-order valence-corrected chi connectivity index (χ3v) is 3.32. The number of rotatable bonds is 0. The normalized spacial score (nSPS) is 21.6. The van der Waals surface area contributed by atoms with Crippen molar-refractivity contribution in [3.8, 4) is 0 Å². The molecule has 2 aliphatic heterocycles. The highest BCUT2D eigenvalue weighted by atomic mass is 19.5. The first-order valence-corrected chi connectivity index (χ1v) is 8.63. The number of hydrogen-bond donors (Lipinski definition) is 0. The second-order valence-corrected chi connectivity index (χ2v) is 7.61. The maximum atomic E-state index is 11.9. The Morgan fingerprint density at radius 2 is 0.968 bits per heavy atom. The number of ether oxygens (including phenoxy) is 1. The van der Waals surface area contributed by atoms with Gasteiger partial charge in [0.25, 0.3) is 0 Å². The SMILES string of the molecule is CN1CC2CN(C(=O)OC(C)(C)C)CC2C1.F[B-](F)(F)F.F[B-](F)(F)F.F[B-](F)(F)F. The minimum absolute atomic E-state index is 0.149. The lowest BCUT2D eigenvalue weighted by molar-refractivity contribution is 0.0276. The van der Waals surface area contributed by atoms with Gasteiger partial charge in [-0.05, 0) is 39.7 Å². The van der Waals surface area contributed by atoms with Gasteiger partial charge in [-0.25, -0.2) is 4.79 Å². The Hall–Kier alpha value is -1.42. The third-order valence-electron chi connectivity index (χ3n) is 3.32. The molecule has 0 aromatic rings. The van der Waals surface area contributed by atoms with Gasteiger partial charge in [0.2, 0.25) is 0 Å². The van der Waals surface area contributed by atoms with Crippen molar-refractivity contribution in [3.63, 3.8) is 0 Å². The molecule has 0 radical (unpaired) electrons. The molecule has 0 N–H and O–H groups in total. The van der Waals surface area contributed by atoms with Crippen LogP contribution in [0.15, 0.2) is 0 Å². The molecule has 0 spiro atoms. The van der Waals surface area contributed by atoms with E-state index in [2.05, 4.69) is 11.9 Å². The van der Waals surface area contributed by atoms with Gasteiger partial charge in [0, 0.05) is 26.2 Å². The minimum atomic E-state index is -6.00. The van der Waals surface area contributed by atoms with Crippen molar-refractivity contribution < 1.29 is 61.3 Å². The largest absolute Gasteiger partial charge is 0.673 e. The highest BCUT2D eigenvalue weighted by Crippen LogP contribution is 2.30. The first kappa shape index (κ1) is 31.8. The van der Waals surface area contributed by atoms with Gasteiger partial charge in [-0.1, -0.05) is 0 Å². The zero-order chi connectivity index (χ0) is 25.4. The Morgan fingerprint density at radius 3 is 1.19 bits per heavy atom. The smallest absolute Gasteiger partial charge is 0.444 e. The Labute approximate surface area is 171 Å². The van der Waals surface area contributed by atoms with Crippen LogP contribution in [0.25, 0.3) is 0 Å². The first-order valence-electron chi connectivity index (χ1n) is 8.63. The summed E-state index contributed by atoms with van der Waals surface area (Å²) in [7, 11) is -15.9. The summed E-state index contributed by atoms with van der Waals surface area (Å²) in [5.74, 6) is 1.30. The second kappa shape index (κ2) is 12.0. The van der Waals surface area contributed by atoms with Crippen LogP contribution in [0.4, 0.5) is 56.6 Å². The van der Waals surface area contributed by atoms with Crippen molar-refractivity contribution in [1.29, 1.82) is 0 Å². The van der Waals surface area contributed by atoms with E-state index in [0.29, 0.717) is 11.8 Å². The molecule has 19 heteroatoms. The molecule has 0 saturated carbocycles. The van der Waals surface area contributed by atoms with Gasteiger partial charge in [0.05, 0.1) is 0 Å². The van der Waals surface area contributed by atoms with Crippen LogP contribution in [0.3, 0.4) is 0 Å². The summed E-state index contributed by atoms with van der Waals surface area (Å²) in [4.78, 5) is 16.1. The maximum Gasteiger partial charge on any atom is 0.673 e. The van der Waals surface area contributed by atoms with Gasteiger partial charge >= 0.3 is 27.9 Å². The van der Waals surface area contributed by atoms with Crippen LogP contribution in [0, 0.1) is 11.8 Å². The van der Waals surface area contributed by atoms with E-state index in [4.69, 9.17) is 4.74 Å². The van der Waals surface area contributed by atoms with E-state index < -0.39 is 21.8 Å². The van der Waals surface area contributed by atoms with Gasteiger partial charge in [-0.3, -0.25) is 0 Å². The molecule has 4 nitrogen and oxygen atoms in total. The van der Waals surface area contributed by atoms with E-state index in [1.54, 1.807) is 0 Å². The summed E-state index contributed by atoms with van der Waals surface area (Å²) in [5.41, 5.74) is -0.383. The minimum Gasteiger partial charge on any atom is -0.444 e. The molecule has 2 heterocycles. The monoisotopic (exact) mass is 487 g/mol. The quantitative estimate of drug-likeness (QED) is 0.343. The van der Waals surface area contributed by atoms with E-state index >= 15 is 0 Å². The molecule has 2 saturated heterocycles. The lowest BCUT2D eigenvalue weighted by atomic mass is 10.0. The molecule has 2 aliphatic rings. The lowest BCUT2D eigenvalue weighted by Crippen LogP contribution is -2.37. The number of amides is 1. The van der Waals surface area contributed by atoms with Gasteiger partial charge in [-0.2, -0.15) is 0 Å². The van der Waals surface area contributed by atoms with Crippen LogP contribution in [-0.2, 0) is 4.74 Å². The molecule has 31 heavy (non-hydrogen) atoms. The molecule has 0 bridgehead atoms. The summed E-state index contributed by atoms with van der Waals surface area (Å²) >= 11 is 0. The zero-order valence-electron chi connectivity index (χ0n) is 17.0. The molecule has 1 amide bonds. The van der Waals surface area contributed by atoms with Gasteiger partial charge in [0.15, 0.2) is 0 Å². The van der Waals surface area contributed by atoms with Crippen molar-refractivity contribution in [2.24, 2.45) is 11.8 Å². The molecule has 2 rings (SSSR count). The maximum absolute atomic E-state index is 11.9. The molecule has 188 valence electrons. The molecule has 2 atom stereocenters. The van der Waals surface area contributed by atoms with Gasteiger partial charge in [-0.15, -0.1) is 0 Å². The van der Waals surface area contributed by atoms with Crippen LogP contribution in [0.1, 0.15) is 20.8 Å². The number of halogens is 12. The van der Waals surface area contributed by atoms with Gasteiger partial charge in [0.1, 0.15) is 5.60 Å². The van der Waals surface area contributed by atoms with Crippen LogP contribution >= 0.6 is 0 Å². The Bertz CT molecular complexity index is 478. The molecule has 0 aliphatic carbocycles. The summed E-state index contributed by atoms with van der Waals surface area (Å²) in [6.07, 6.45) is -0.149.